The van der Waals surface area contributed by atoms with Gasteiger partial charge < -0.3 is 10.0 Å². The van der Waals surface area contributed by atoms with Gasteiger partial charge in [0, 0.05) is 23.2 Å². The highest BCUT2D eigenvalue weighted by Gasteiger charge is 2.28. The molecule has 0 saturated carbocycles. The first kappa shape index (κ1) is 14.5. The number of carboxylic acid groups (broad SMARTS) is 1. The van der Waals surface area contributed by atoms with Gasteiger partial charge in [-0.15, -0.1) is 22.7 Å². The summed E-state index contributed by atoms with van der Waals surface area (Å²) in [4.78, 5) is 22.0. The minimum Gasteiger partial charge on any atom is -0.479 e. The Morgan fingerprint density at radius 1 is 1.33 bits per heavy atom. The van der Waals surface area contributed by atoms with Gasteiger partial charge in [0.05, 0.1) is 15.6 Å². The second-order valence-corrected chi connectivity index (χ2v) is 6.64. The molecule has 1 aliphatic rings. The average molecular weight is 360 g/mol. The van der Waals surface area contributed by atoms with E-state index in [0.717, 1.165) is 10.6 Å². The number of anilines is 1. The summed E-state index contributed by atoms with van der Waals surface area (Å²) in [5.74, 6) is -1.02. The summed E-state index contributed by atoms with van der Waals surface area (Å²) in [7, 11) is 0. The molecule has 3 heterocycles. The van der Waals surface area contributed by atoms with Crippen molar-refractivity contribution in [2.45, 2.75) is 6.04 Å². The van der Waals surface area contributed by atoms with Crippen LogP contribution < -0.4 is 4.90 Å². The second-order valence-electron chi connectivity index (χ2n) is 4.06. The molecule has 2 aromatic rings. The van der Waals surface area contributed by atoms with Crippen LogP contribution in [0.1, 0.15) is 0 Å². The van der Waals surface area contributed by atoms with Gasteiger partial charge >= 0.3 is 5.97 Å². The van der Waals surface area contributed by atoms with Crippen molar-refractivity contribution in [3.05, 3.63) is 33.2 Å². The summed E-state index contributed by atoms with van der Waals surface area (Å²) in [6.45, 7) is 0. The van der Waals surface area contributed by atoms with Crippen molar-refractivity contribution in [3.8, 4) is 10.6 Å². The highest BCUT2D eigenvalue weighted by atomic mass is 35.5. The number of aliphatic imine (C=N–C) groups is 1. The van der Waals surface area contributed by atoms with Crippen LogP contribution in [0.4, 0.5) is 5.13 Å². The summed E-state index contributed by atoms with van der Waals surface area (Å²) < 4.78 is 0. The number of rotatable bonds is 3. The molecule has 0 radical (unpaired) electrons. The Kier molecular flexibility index (Phi) is 3.99. The minimum absolute atomic E-state index is 0.211. The number of aliphatic carboxylic acids is 1. The molecule has 0 saturated heterocycles. The van der Waals surface area contributed by atoms with Crippen molar-refractivity contribution < 1.29 is 9.90 Å². The molecule has 0 aliphatic carbocycles. The molecule has 9 heteroatoms. The first-order chi connectivity index (χ1) is 10.0. The molecule has 1 unspecified atom stereocenters. The third-order valence-electron chi connectivity index (χ3n) is 2.67. The van der Waals surface area contributed by atoms with Crippen LogP contribution >= 0.6 is 45.9 Å². The zero-order valence-electron chi connectivity index (χ0n) is 10.2. The SMILES string of the molecule is O=C(O)C1C=NC(Cl)=CN1c1nc(-c2cc(Cl)cs2)cs1. The third-order valence-corrected chi connectivity index (χ3v) is 5.02. The lowest BCUT2D eigenvalue weighted by Crippen LogP contribution is -2.40. The summed E-state index contributed by atoms with van der Waals surface area (Å²) in [6, 6.07) is 0.902. The number of carbonyl (C=O) groups is 1. The summed E-state index contributed by atoms with van der Waals surface area (Å²) in [6.07, 6.45) is 2.75. The highest BCUT2D eigenvalue weighted by molar-refractivity contribution is 7.16. The monoisotopic (exact) mass is 359 g/mol. The van der Waals surface area contributed by atoms with E-state index >= 15 is 0 Å². The van der Waals surface area contributed by atoms with Gasteiger partial charge in [-0.3, -0.25) is 0 Å². The topological polar surface area (TPSA) is 65.8 Å². The lowest BCUT2D eigenvalue weighted by molar-refractivity contribution is -0.136. The van der Waals surface area contributed by atoms with Gasteiger partial charge in [0.25, 0.3) is 0 Å². The fourth-order valence-electron chi connectivity index (χ4n) is 1.74. The van der Waals surface area contributed by atoms with Gasteiger partial charge in [-0.2, -0.15) is 0 Å². The minimum atomic E-state index is -1.02. The maximum absolute atomic E-state index is 11.3. The van der Waals surface area contributed by atoms with Crippen LogP contribution in [0.5, 0.6) is 0 Å². The number of halogens is 2. The van der Waals surface area contributed by atoms with E-state index in [9.17, 15) is 9.90 Å². The Bertz CT molecular complexity index is 753. The molecule has 1 aliphatic heterocycles. The summed E-state index contributed by atoms with van der Waals surface area (Å²) in [5.41, 5.74) is 0.753. The van der Waals surface area contributed by atoms with Crippen LogP contribution in [0.3, 0.4) is 0 Å². The van der Waals surface area contributed by atoms with E-state index in [1.54, 1.807) is 0 Å². The lowest BCUT2D eigenvalue weighted by atomic mass is 10.3. The van der Waals surface area contributed by atoms with Crippen LogP contribution in [0.25, 0.3) is 10.6 Å². The molecular weight excluding hydrogens is 353 g/mol. The van der Waals surface area contributed by atoms with E-state index < -0.39 is 12.0 Å². The maximum atomic E-state index is 11.3. The molecule has 2 aromatic heterocycles. The third kappa shape index (κ3) is 2.96. The van der Waals surface area contributed by atoms with E-state index in [-0.39, 0.29) is 5.16 Å². The van der Waals surface area contributed by atoms with Crippen molar-refractivity contribution in [3.63, 3.8) is 0 Å². The maximum Gasteiger partial charge on any atom is 0.332 e. The first-order valence-corrected chi connectivity index (χ1v) is 8.18. The predicted molar refractivity (Wildman–Crippen MR) is 86.8 cm³/mol. The van der Waals surface area contributed by atoms with E-state index in [4.69, 9.17) is 23.2 Å². The number of hydrogen-bond acceptors (Lipinski definition) is 6. The number of thiophene rings is 1. The van der Waals surface area contributed by atoms with Crippen molar-refractivity contribution in [2.75, 3.05) is 4.90 Å². The Morgan fingerprint density at radius 2 is 2.14 bits per heavy atom. The van der Waals surface area contributed by atoms with Gasteiger partial charge in [0.1, 0.15) is 5.16 Å². The molecule has 21 heavy (non-hydrogen) atoms. The lowest BCUT2D eigenvalue weighted by Gasteiger charge is -2.24. The number of carboxylic acids is 1. The van der Waals surface area contributed by atoms with Crippen molar-refractivity contribution in [1.82, 2.24) is 4.98 Å². The standard InChI is InChI=1S/C12H7Cl2N3O2S2/c13-6-1-9(20-4-6)7-5-21-12(16-7)17-3-10(14)15-2-8(17)11(18)19/h1-5,8H,(H,18,19). The zero-order chi connectivity index (χ0) is 15.0. The fourth-order valence-corrected chi connectivity index (χ4v) is 3.85. The zero-order valence-corrected chi connectivity index (χ0v) is 13.4. The van der Waals surface area contributed by atoms with Gasteiger partial charge in [0.15, 0.2) is 11.2 Å². The quantitative estimate of drug-likeness (QED) is 0.843. The second kappa shape index (κ2) is 5.76. The smallest absolute Gasteiger partial charge is 0.332 e. The molecule has 0 bridgehead atoms. The number of aromatic nitrogens is 1. The molecule has 3 rings (SSSR count). The van der Waals surface area contributed by atoms with Crippen LogP contribution in [0.2, 0.25) is 5.02 Å². The molecule has 1 N–H and O–H groups in total. The molecule has 0 aromatic carbocycles. The average Bonchev–Trinajstić information content (AvgIpc) is 3.06. The van der Waals surface area contributed by atoms with Crippen LogP contribution in [0, 0.1) is 0 Å². The molecule has 0 amide bonds. The largest absolute Gasteiger partial charge is 0.479 e. The van der Waals surface area contributed by atoms with Crippen LogP contribution in [-0.4, -0.2) is 28.3 Å². The van der Waals surface area contributed by atoms with E-state index in [1.807, 2.05) is 16.8 Å². The Morgan fingerprint density at radius 3 is 2.81 bits per heavy atom. The van der Waals surface area contributed by atoms with Gasteiger partial charge in [-0.25, -0.2) is 14.8 Å². The summed E-state index contributed by atoms with van der Waals surface area (Å²) >= 11 is 14.6. The molecule has 0 fully saturated rings. The van der Waals surface area contributed by atoms with E-state index in [2.05, 4.69) is 9.98 Å². The normalized spacial score (nSPS) is 17.9. The first-order valence-electron chi connectivity index (χ1n) is 5.67. The van der Waals surface area contributed by atoms with E-state index in [0.29, 0.717) is 10.2 Å². The molecule has 0 spiro atoms. The summed E-state index contributed by atoms with van der Waals surface area (Å²) in [5, 5.41) is 14.3. The van der Waals surface area contributed by atoms with Crippen molar-refractivity contribution in [2.24, 2.45) is 4.99 Å². The van der Waals surface area contributed by atoms with E-state index in [1.165, 1.54) is 40.0 Å². The van der Waals surface area contributed by atoms with Crippen LogP contribution in [-0.2, 0) is 4.79 Å². The molecular formula is C12H7Cl2N3O2S2. The number of thiazole rings is 1. The van der Waals surface area contributed by atoms with Crippen molar-refractivity contribution >= 4 is 63.2 Å². The predicted octanol–water partition coefficient (Wildman–Crippen LogP) is 3.91. The van der Waals surface area contributed by atoms with Gasteiger partial charge in [0.2, 0.25) is 0 Å². The number of hydrogen-bond donors (Lipinski definition) is 1. The van der Waals surface area contributed by atoms with Crippen LogP contribution in [0.15, 0.2) is 33.2 Å². The van der Waals surface area contributed by atoms with Gasteiger partial charge in [-0.1, -0.05) is 23.2 Å². The Hall–Kier alpha value is -1.41. The molecule has 5 nitrogen and oxygen atoms in total. The van der Waals surface area contributed by atoms with Crippen molar-refractivity contribution in [1.29, 1.82) is 0 Å². The highest BCUT2D eigenvalue weighted by Crippen LogP contribution is 2.34. The fraction of sp³-hybridized carbons (Fsp3) is 0.0833. The Labute approximate surface area is 137 Å². The number of nitrogens with zero attached hydrogens (tertiary/aromatic N) is 3. The Balaban J connectivity index is 1.94. The van der Waals surface area contributed by atoms with Gasteiger partial charge in [-0.05, 0) is 6.07 Å². The molecule has 108 valence electrons. The molecule has 1 atom stereocenters.